The van der Waals surface area contributed by atoms with Crippen LogP contribution in [0.15, 0.2) is 0 Å². The van der Waals surface area contributed by atoms with Gasteiger partial charge in [0, 0.05) is 26.2 Å². The molecule has 1 aliphatic carbocycles. The van der Waals surface area contributed by atoms with E-state index >= 15 is 0 Å². The highest BCUT2D eigenvalue weighted by molar-refractivity contribution is 5.82. The SMILES string of the molecule is COCCC(=O)N1CCCCCCNC(=O)C2CCCCC21. The molecule has 1 aliphatic heterocycles. The normalized spacial score (nSPS) is 27.5. The molecule has 2 atom stereocenters. The minimum atomic E-state index is -0.0293. The van der Waals surface area contributed by atoms with E-state index in [1.54, 1.807) is 7.11 Å². The number of nitrogens with zero attached hydrogens (tertiary/aromatic N) is 1. The van der Waals surface area contributed by atoms with Crippen LogP contribution in [0.5, 0.6) is 0 Å². The number of carbonyl (C=O) groups is 2. The van der Waals surface area contributed by atoms with Crippen molar-refractivity contribution in [2.45, 2.75) is 63.8 Å². The summed E-state index contributed by atoms with van der Waals surface area (Å²) in [5.74, 6) is 0.264. The van der Waals surface area contributed by atoms with E-state index in [1.807, 2.05) is 4.90 Å². The molecule has 2 aliphatic rings. The molecule has 5 heteroatoms. The van der Waals surface area contributed by atoms with Gasteiger partial charge >= 0.3 is 0 Å². The van der Waals surface area contributed by atoms with Crippen molar-refractivity contribution in [1.82, 2.24) is 10.2 Å². The van der Waals surface area contributed by atoms with Gasteiger partial charge in [-0.1, -0.05) is 25.7 Å². The molecule has 0 bridgehead atoms. The highest BCUT2D eigenvalue weighted by Gasteiger charge is 2.36. The number of amides is 2. The summed E-state index contributed by atoms with van der Waals surface area (Å²) in [6.07, 6.45) is 8.81. The molecule has 5 nitrogen and oxygen atoms in total. The molecule has 0 aromatic carbocycles. The van der Waals surface area contributed by atoms with Crippen LogP contribution >= 0.6 is 0 Å². The van der Waals surface area contributed by atoms with Gasteiger partial charge in [-0.25, -0.2) is 0 Å². The van der Waals surface area contributed by atoms with E-state index in [9.17, 15) is 9.59 Å². The van der Waals surface area contributed by atoms with Crippen molar-refractivity contribution < 1.29 is 14.3 Å². The molecule has 0 aromatic heterocycles. The van der Waals surface area contributed by atoms with Crippen LogP contribution in [0.4, 0.5) is 0 Å². The van der Waals surface area contributed by atoms with Crippen molar-refractivity contribution in [1.29, 1.82) is 0 Å². The number of nitrogens with one attached hydrogen (secondary N) is 1. The van der Waals surface area contributed by atoms with Gasteiger partial charge in [-0.15, -0.1) is 0 Å². The van der Waals surface area contributed by atoms with E-state index in [4.69, 9.17) is 4.74 Å². The van der Waals surface area contributed by atoms with Crippen LogP contribution < -0.4 is 5.32 Å². The van der Waals surface area contributed by atoms with Gasteiger partial charge in [0.05, 0.1) is 18.9 Å². The maximum atomic E-state index is 12.6. The van der Waals surface area contributed by atoms with E-state index in [2.05, 4.69) is 5.32 Å². The molecule has 2 unspecified atom stereocenters. The highest BCUT2D eigenvalue weighted by Crippen LogP contribution is 2.30. The van der Waals surface area contributed by atoms with E-state index in [0.29, 0.717) is 13.0 Å². The predicted octanol–water partition coefficient (Wildman–Crippen LogP) is 2.10. The monoisotopic (exact) mass is 310 g/mol. The van der Waals surface area contributed by atoms with Crippen LogP contribution in [0, 0.1) is 5.92 Å². The summed E-state index contributed by atoms with van der Waals surface area (Å²) in [6, 6.07) is 0.0798. The third-order valence-electron chi connectivity index (χ3n) is 4.93. The zero-order valence-electron chi connectivity index (χ0n) is 13.8. The molecule has 1 heterocycles. The Hall–Kier alpha value is -1.10. The molecule has 0 aromatic rings. The Bertz CT molecular complexity index is 373. The van der Waals surface area contributed by atoms with Gasteiger partial charge in [0.15, 0.2) is 0 Å². The zero-order chi connectivity index (χ0) is 15.8. The van der Waals surface area contributed by atoms with Gasteiger partial charge in [-0.05, 0) is 25.7 Å². The molecule has 1 N–H and O–H groups in total. The molecule has 22 heavy (non-hydrogen) atoms. The van der Waals surface area contributed by atoms with Crippen LogP contribution in [0.1, 0.15) is 57.8 Å². The molecular weight excluding hydrogens is 280 g/mol. The lowest BCUT2D eigenvalue weighted by molar-refractivity contribution is -0.139. The highest BCUT2D eigenvalue weighted by atomic mass is 16.5. The first kappa shape index (κ1) is 17.3. The number of hydrogen-bond donors (Lipinski definition) is 1. The minimum absolute atomic E-state index is 0.0293. The van der Waals surface area contributed by atoms with Crippen molar-refractivity contribution in [3.8, 4) is 0 Å². The predicted molar refractivity (Wildman–Crippen MR) is 85.4 cm³/mol. The summed E-state index contributed by atoms with van der Waals surface area (Å²) >= 11 is 0. The maximum Gasteiger partial charge on any atom is 0.225 e. The van der Waals surface area contributed by atoms with Crippen molar-refractivity contribution in [3.63, 3.8) is 0 Å². The Kier molecular flexibility index (Phi) is 7.16. The number of hydrogen-bond acceptors (Lipinski definition) is 3. The van der Waals surface area contributed by atoms with Gasteiger partial charge in [0.25, 0.3) is 0 Å². The van der Waals surface area contributed by atoms with Crippen molar-refractivity contribution in [2.75, 3.05) is 26.8 Å². The fourth-order valence-electron chi connectivity index (χ4n) is 3.70. The maximum absolute atomic E-state index is 12.6. The fourth-order valence-corrected chi connectivity index (χ4v) is 3.70. The molecule has 2 fully saturated rings. The molecule has 1 saturated carbocycles. The third kappa shape index (κ3) is 4.70. The van der Waals surface area contributed by atoms with Crippen LogP contribution in [0.3, 0.4) is 0 Å². The van der Waals surface area contributed by atoms with Crippen LogP contribution in [0.2, 0.25) is 0 Å². The second kappa shape index (κ2) is 9.13. The summed E-state index contributed by atoms with van der Waals surface area (Å²) < 4.78 is 5.05. The lowest BCUT2D eigenvalue weighted by Gasteiger charge is -2.39. The van der Waals surface area contributed by atoms with E-state index in [0.717, 1.165) is 64.5 Å². The summed E-state index contributed by atoms with van der Waals surface area (Å²) in [6.45, 7) is 2.02. The lowest BCUT2D eigenvalue weighted by Crippen LogP contribution is -2.51. The minimum Gasteiger partial charge on any atom is -0.384 e. The van der Waals surface area contributed by atoms with Gasteiger partial charge in [0.2, 0.25) is 11.8 Å². The van der Waals surface area contributed by atoms with E-state index < -0.39 is 0 Å². The summed E-state index contributed by atoms with van der Waals surface area (Å²) in [5, 5.41) is 3.08. The van der Waals surface area contributed by atoms with E-state index in [1.165, 1.54) is 0 Å². The number of carbonyl (C=O) groups excluding carboxylic acids is 2. The topological polar surface area (TPSA) is 58.6 Å². The summed E-state index contributed by atoms with van der Waals surface area (Å²) in [7, 11) is 1.62. The van der Waals surface area contributed by atoms with Crippen molar-refractivity contribution in [2.24, 2.45) is 5.92 Å². The van der Waals surface area contributed by atoms with Gasteiger partial charge in [-0.2, -0.15) is 0 Å². The largest absolute Gasteiger partial charge is 0.384 e. The average molecular weight is 310 g/mol. The fraction of sp³-hybridized carbons (Fsp3) is 0.882. The third-order valence-corrected chi connectivity index (χ3v) is 4.93. The lowest BCUT2D eigenvalue weighted by atomic mass is 9.82. The Morgan fingerprint density at radius 2 is 1.95 bits per heavy atom. The second-order valence-corrected chi connectivity index (χ2v) is 6.49. The average Bonchev–Trinajstić information content (AvgIpc) is 2.57. The molecule has 2 rings (SSSR count). The zero-order valence-corrected chi connectivity index (χ0v) is 13.8. The molecular formula is C17H30N2O3. The molecule has 2 amide bonds. The number of rotatable bonds is 3. The summed E-state index contributed by atoms with van der Waals surface area (Å²) in [5.41, 5.74) is 0. The first-order valence-corrected chi connectivity index (χ1v) is 8.80. The van der Waals surface area contributed by atoms with Gasteiger partial charge in [0.1, 0.15) is 0 Å². The summed E-state index contributed by atoms with van der Waals surface area (Å²) in [4.78, 5) is 27.1. The smallest absolute Gasteiger partial charge is 0.225 e. The van der Waals surface area contributed by atoms with Crippen LogP contribution in [-0.2, 0) is 14.3 Å². The first-order valence-electron chi connectivity index (χ1n) is 8.80. The Labute approximate surface area is 133 Å². The number of methoxy groups -OCH3 is 1. The standard InChI is InChI=1S/C17H30N2O3/c1-22-13-10-16(20)19-12-7-3-2-6-11-18-17(21)14-8-4-5-9-15(14)19/h14-15H,2-13H2,1H3,(H,18,21). The Morgan fingerprint density at radius 3 is 2.77 bits per heavy atom. The Morgan fingerprint density at radius 1 is 1.18 bits per heavy atom. The van der Waals surface area contributed by atoms with Crippen LogP contribution in [0.25, 0.3) is 0 Å². The first-order chi connectivity index (χ1) is 10.7. The van der Waals surface area contributed by atoms with Gasteiger partial charge in [-0.3, -0.25) is 9.59 Å². The number of ether oxygens (including phenoxy) is 1. The molecule has 0 radical (unpaired) electrons. The number of fused-ring (bicyclic) bond motifs is 1. The molecule has 0 spiro atoms. The quantitative estimate of drug-likeness (QED) is 0.868. The Balaban J connectivity index is 2.13. The molecule has 1 saturated heterocycles. The van der Waals surface area contributed by atoms with E-state index in [-0.39, 0.29) is 23.8 Å². The van der Waals surface area contributed by atoms with Crippen molar-refractivity contribution >= 4 is 11.8 Å². The second-order valence-electron chi connectivity index (χ2n) is 6.49. The van der Waals surface area contributed by atoms with Gasteiger partial charge < -0.3 is 15.0 Å². The van der Waals surface area contributed by atoms with Crippen molar-refractivity contribution in [3.05, 3.63) is 0 Å². The molecule has 126 valence electrons. The van der Waals surface area contributed by atoms with Crippen LogP contribution in [-0.4, -0.2) is 49.6 Å².